The second-order valence-electron chi connectivity index (χ2n) is 7.72. The molecule has 2 aromatic rings. The zero-order valence-corrected chi connectivity index (χ0v) is 18.2. The molecule has 1 amide bonds. The molecule has 0 N–H and O–H groups in total. The van der Waals surface area contributed by atoms with E-state index in [4.69, 9.17) is 9.57 Å². The average Bonchev–Trinajstić information content (AvgIpc) is 3.03. The molecule has 0 aliphatic carbocycles. The SMILES string of the molecule is CON(C(=O)c1cn(C)nc1C(F)F)C(C)(C)C(=O)c1ccc(OC(C)C)cc1C. The van der Waals surface area contributed by atoms with Crippen LogP contribution in [-0.4, -0.2) is 45.3 Å². The smallest absolute Gasteiger partial charge is 0.282 e. The van der Waals surface area contributed by atoms with E-state index < -0.39 is 29.3 Å². The summed E-state index contributed by atoms with van der Waals surface area (Å²) >= 11 is 0. The number of hydroxylamine groups is 2. The fraction of sp³-hybridized carbons (Fsp3) is 0.476. The molecule has 0 saturated heterocycles. The maximum absolute atomic E-state index is 13.3. The molecular weight excluding hydrogens is 396 g/mol. The summed E-state index contributed by atoms with van der Waals surface area (Å²) in [4.78, 5) is 31.5. The van der Waals surface area contributed by atoms with E-state index in [2.05, 4.69) is 5.10 Å². The van der Waals surface area contributed by atoms with E-state index in [9.17, 15) is 18.4 Å². The molecule has 0 saturated carbocycles. The van der Waals surface area contributed by atoms with Gasteiger partial charge >= 0.3 is 0 Å². The lowest BCUT2D eigenvalue weighted by Gasteiger charge is -2.35. The van der Waals surface area contributed by atoms with Gasteiger partial charge < -0.3 is 4.74 Å². The van der Waals surface area contributed by atoms with Gasteiger partial charge in [-0.05, 0) is 58.4 Å². The minimum atomic E-state index is -2.95. The fourth-order valence-electron chi connectivity index (χ4n) is 3.16. The van der Waals surface area contributed by atoms with Crippen molar-refractivity contribution >= 4 is 11.7 Å². The van der Waals surface area contributed by atoms with Gasteiger partial charge in [0.25, 0.3) is 12.3 Å². The molecule has 0 atom stereocenters. The number of benzene rings is 1. The number of halogens is 2. The first-order valence-corrected chi connectivity index (χ1v) is 9.42. The van der Waals surface area contributed by atoms with Gasteiger partial charge in [0.15, 0.2) is 5.78 Å². The molecule has 1 aromatic heterocycles. The highest BCUT2D eigenvalue weighted by Crippen LogP contribution is 2.29. The number of rotatable bonds is 8. The van der Waals surface area contributed by atoms with E-state index in [1.54, 1.807) is 25.1 Å². The van der Waals surface area contributed by atoms with Crippen molar-refractivity contribution in [3.63, 3.8) is 0 Å². The van der Waals surface area contributed by atoms with Gasteiger partial charge in [-0.3, -0.25) is 19.1 Å². The van der Waals surface area contributed by atoms with Crippen LogP contribution in [0.25, 0.3) is 0 Å². The molecule has 0 aliphatic heterocycles. The van der Waals surface area contributed by atoms with Crippen molar-refractivity contribution in [3.8, 4) is 5.75 Å². The number of ether oxygens (including phenoxy) is 1. The Morgan fingerprint density at radius 2 is 1.83 bits per heavy atom. The van der Waals surface area contributed by atoms with Crippen LogP contribution in [0.5, 0.6) is 5.75 Å². The molecule has 9 heteroatoms. The van der Waals surface area contributed by atoms with Gasteiger partial charge in [0.05, 0.1) is 18.8 Å². The molecule has 2 rings (SSSR count). The number of aromatic nitrogens is 2. The van der Waals surface area contributed by atoms with Crippen molar-refractivity contribution in [1.82, 2.24) is 14.8 Å². The van der Waals surface area contributed by atoms with Crippen LogP contribution in [-0.2, 0) is 11.9 Å². The van der Waals surface area contributed by atoms with Crippen LogP contribution in [0.3, 0.4) is 0 Å². The van der Waals surface area contributed by atoms with E-state index in [0.29, 0.717) is 16.9 Å². The largest absolute Gasteiger partial charge is 0.491 e. The van der Waals surface area contributed by atoms with Crippen LogP contribution in [0.2, 0.25) is 0 Å². The first-order valence-electron chi connectivity index (χ1n) is 9.42. The molecule has 30 heavy (non-hydrogen) atoms. The third-order valence-electron chi connectivity index (χ3n) is 4.54. The number of amides is 1. The Morgan fingerprint density at radius 3 is 2.33 bits per heavy atom. The third-order valence-corrected chi connectivity index (χ3v) is 4.54. The molecule has 0 radical (unpaired) electrons. The number of nitrogens with zero attached hydrogens (tertiary/aromatic N) is 3. The maximum atomic E-state index is 13.3. The van der Waals surface area contributed by atoms with Gasteiger partial charge in [0.2, 0.25) is 0 Å². The fourth-order valence-corrected chi connectivity index (χ4v) is 3.16. The summed E-state index contributed by atoms with van der Waals surface area (Å²) in [6, 6.07) is 5.02. The molecule has 0 aliphatic rings. The van der Waals surface area contributed by atoms with Crippen LogP contribution in [0.4, 0.5) is 8.78 Å². The monoisotopic (exact) mass is 423 g/mol. The number of carbonyl (C=O) groups is 2. The van der Waals surface area contributed by atoms with Crippen molar-refractivity contribution in [2.45, 2.75) is 52.7 Å². The van der Waals surface area contributed by atoms with Crippen molar-refractivity contribution in [3.05, 3.63) is 46.8 Å². The predicted octanol–water partition coefficient (Wildman–Crippen LogP) is 4.12. The van der Waals surface area contributed by atoms with E-state index in [0.717, 1.165) is 9.75 Å². The Balaban J connectivity index is 2.40. The second-order valence-corrected chi connectivity index (χ2v) is 7.72. The van der Waals surface area contributed by atoms with Gasteiger partial charge in [-0.1, -0.05) is 0 Å². The van der Waals surface area contributed by atoms with Crippen LogP contribution < -0.4 is 4.74 Å². The Kier molecular flexibility index (Phi) is 6.97. The number of aryl methyl sites for hydroxylation is 2. The standard InChI is InChI=1S/C21H27F2N3O4/c1-12(2)30-14-8-9-15(13(3)10-14)18(27)21(4,5)26(29-7)20(28)16-11-25(6)24-17(16)19(22)23/h8-12,19H,1-7H3. The van der Waals surface area contributed by atoms with Crippen molar-refractivity contribution < 1.29 is 27.9 Å². The zero-order valence-electron chi connectivity index (χ0n) is 18.2. The van der Waals surface area contributed by atoms with Gasteiger partial charge in [-0.2, -0.15) is 5.10 Å². The molecule has 7 nitrogen and oxygen atoms in total. The first kappa shape index (κ1) is 23.5. The van der Waals surface area contributed by atoms with E-state index >= 15 is 0 Å². The van der Waals surface area contributed by atoms with Gasteiger partial charge in [-0.25, -0.2) is 13.8 Å². The Bertz CT molecular complexity index is 938. The second kappa shape index (κ2) is 8.91. The lowest BCUT2D eigenvalue weighted by atomic mass is 9.89. The number of carbonyl (C=O) groups excluding carboxylic acids is 2. The summed E-state index contributed by atoms with van der Waals surface area (Å²) in [6.45, 7) is 8.53. The molecule has 0 unspecified atom stereocenters. The highest BCUT2D eigenvalue weighted by Gasteiger charge is 2.42. The van der Waals surface area contributed by atoms with Crippen LogP contribution in [0, 0.1) is 6.92 Å². The average molecular weight is 423 g/mol. The number of hydrogen-bond donors (Lipinski definition) is 0. The summed E-state index contributed by atoms with van der Waals surface area (Å²) in [5, 5.41) is 4.45. The molecule has 0 spiro atoms. The number of alkyl halides is 2. The third kappa shape index (κ3) is 4.67. The molecule has 1 aromatic carbocycles. The summed E-state index contributed by atoms with van der Waals surface area (Å²) < 4.78 is 33.4. The summed E-state index contributed by atoms with van der Waals surface area (Å²) in [6.07, 6.45) is -1.79. The first-order chi connectivity index (χ1) is 13.9. The lowest BCUT2D eigenvalue weighted by molar-refractivity contribution is -0.138. The van der Waals surface area contributed by atoms with Crippen LogP contribution in [0.15, 0.2) is 24.4 Å². The highest BCUT2D eigenvalue weighted by atomic mass is 19.3. The number of ketones is 1. The topological polar surface area (TPSA) is 73.7 Å². The summed E-state index contributed by atoms with van der Waals surface area (Å²) in [5.41, 5.74) is -1.45. The molecule has 0 fully saturated rings. The molecular formula is C21H27F2N3O4. The Hall–Kier alpha value is -2.81. The predicted molar refractivity (Wildman–Crippen MR) is 107 cm³/mol. The Labute approximate surface area is 174 Å². The van der Waals surface area contributed by atoms with E-state index in [1.165, 1.54) is 34.2 Å². The minimum absolute atomic E-state index is 0.0208. The van der Waals surface area contributed by atoms with Crippen LogP contribution >= 0.6 is 0 Å². The van der Waals surface area contributed by atoms with Crippen molar-refractivity contribution in [2.24, 2.45) is 7.05 Å². The number of Topliss-reactive ketones (excluding diaryl/α,β-unsaturated/α-hetero) is 1. The van der Waals surface area contributed by atoms with E-state index in [1.807, 2.05) is 13.8 Å². The molecule has 164 valence electrons. The minimum Gasteiger partial charge on any atom is -0.491 e. The lowest BCUT2D eigenvalue weighted by Crippen LogP contribution is -2.52. The van der Waals surface area contributed by atoms with E-state index in [-0.39, 0.29) is 11.7 Å². The highest BCUT2D eigenvalue weighted by molar-refractivity contribution is 6.07. The van der Waals surface area contributed by atoms with Gasteiger partial charge in [0.1, 0.15) is 17.0 Å². The summed E-state index contributed by atoms with van der Waals surface area (Å²) in [5.74, 6) is -0.668. The van der Waals surface area contributed by atoms with Crippen LogP contribution in [0.1, 0.15) is 66.1 Å². The van der Waals surface area contributed by atoms with Gasteiger partial charge in [-0.15, -0.1) is 0 Å². The van der Waals surface area contributed by atoms with Gasteiger partial charge in [0, 0.05) is 18.8 Å². The molecule has 0 bridgehead atoms. The van der Waals surface area contributed by atoms with Crippen molar-refractivity contribution in [2.75, 3.05) is 7.11 Å². The van der Waals surface area contributed by atoms with Crippen molar-refractivity contribution in [1.29, 1.82) is 0 Å². The number of hydrogen-bond acceptors (Lipinski definition) is 5. The zero-order chi connectivity index (χ0) is 22.8. The molecule has 1 heterocycles. The Morgan fingerprint density at radius 1 is 1.20 bits per heavy atom. The maximum Gasteiger partial charge on any atom is 0.282 e. The quantitative estimate of drug-likeness (QED) is 0.472. The normalized spacial score (nSPS) is 11.8. The summed E-state index contributed by atoms with van der Waals surface area (Å²) in [7, 11) is 2.64.